The zero-order valence-corrected chi connectivity index (χ0v) is 21.5. The van der Waals surface area contributed by atoms with Gasteiger partial charge in [-0.05, 0) is 16.0 Å². The number of aliphatic hydroxyl groups is 1. The lowest BCUT2D eigenvalue weighted by molar-refractivity contribution is -0.150. The van der Waals surface area contributed by atoms with Gasteiger partial charge in [0.05, 0.1) is 13.2 Å². The number of aromatic nitrogens is 5. The first-order valence-electron chi connectivity index (χ1n) is 10.6. The number of hydrogen-bond acceptors (Lipinski definition) is 14. The van der Waals surface area contributed by atoms with Crippen LogP contribution in [0.1, 0.15) is 5.69 Å². The minimum atomic E-state index is -1.25. The molecular weight excluding hydrogens is 546 g/mol. The van der Waals surface area contributed by atoms with Gasteiger partial charge in [0.2, 0.25) is 5.16 Å². The van der Waals surface area contributed by atoms with Crippen LogP contribution in [-0.4, -0.2) is 99.9 Å². The smallest absolute Gasteiger partial charge is 0.352 e. The van der Waals surface area contributed by atoms with Crippen LogP contribution in [0, 0.1) is 0 Å². The van der Waals surface area contributed by atoms with E-state index in [-0.39, 0.29) is 41.2 Å². The first-order valence-corrected chi connectivity index (χ1v) is 13.5. The molecule has 2 atom stereocenters. The van der Waals surface area contributed by atoms with E-state index in [2.05, 4.69) is 37.6 Å². The zero-order valence-electron chi connectivity index (χ0n) is 19.0. The predicted molar refractivity (Wildman–Crippen MR) is 135 cm³/mol. The molecule has 196 valence electrons. The first-order chi connectivity index (χ1) is 17.8. The number of nitrogens with zero attached hydrogens (tertiary/aromatic N) is 7. The molecule has 37 heavy (non-hydrogen) atoms. The van der Waals surface area contributed by atoms with Gasteiger partial charge in [-0.25, -0.2) is 14.5 Å². The van der Waals surface area contributed by atoms with E-state index in [4.69, 9.17) is 15.7 Å². The maximum atomic E-state index is 13.0. The number of thioether (sulfide) groups is 2. The molecule has 1 unspecified atom stereocenters. The van der Waals surface area contributed by atoms with E-state index in [0.29, 0.717) is 23.0 Å². The maximum absolute atomic E-state index is 13.0. The zero-order chi connectivity index (χ0) is 26.5. The van der Waals surface area contributed by atoms with Gasteiger partial charge in [0.25, 0.3) is 11.8 Å². The highest BCUT2D eigenvalue weighted by Crippen LogP contribution is 2.41. The summed E-state index contributed by atoms with van der Waals surface area (Å²) in [5.74, 6) is -2.00. The van der Waals surface area contributed by atoms with Crippen LogP contribution in [-0.2, 0) is 25.8 Å². The number of amides is 2. The van der Waals surface area contributed by atoms with E-state index in [1.165, 1.54) is 38.5 Å². The quantitative estimate of drug-likeness (QED) is 0.0615. The number of oxime groups is 1. The number of carbonyl (C=O) groups is 3. The summed E-state index contributed by atoms with van der Waals surface area (Å²) in [5, 5.41) is 38.1. The van der Waals surface area contributed by atoms with Crippen molar-refractivity contribution in [3.8, 4) is 0 Å². The van der Waals surface area contributed by atoms with Gasteiger partial charge >= 0.3 is 5.97 Å². The van der Waals surface area contributed by atoms with Crippen molar-refractivity contribution in [2.45, 2.75) is 23.1 Å². The van der Waals surface area contributed by atoms with E-state index >= 15 is 0 Å². The molecule has 5 N–H and O–H groups in total. The van der Waals surface area contributed by atoms with Gasteiger partial charge in [-0.15, -0.1) is 34.8 Å². The second kappa shape index (κ2) is 11.7. The van der Waals surface area contributed by atoms with Gasteiger partial charge in [-0.2, -0.15) is 0 Å². The highest BCUT2D eigenvalue weighted by molar-refractivity contribution is 8.01. The molecule has 18 heteroatoms. The number of nitrogen functional groups attached to an aromatic ring is 1. The number of anilines is 1. The van der Waals surface area contributed by atoms with Crippen LogP contribution in [0.4, 0.5) is 5.13 Å². The summed E-state index contributed by atoms with van der Waals surface area (Å²) < 4.78 is 1.52. The number of carboxylic acid groups (broad SMARTS) is 1. The number of rotatable bonds is 12. The van der Waals surface area contributed by atoms with E-state index in [0.717, 1.165) is 11.3 Å². The van der Waals surface area contributed by atoms with Crippen molar-refractivity contribution in [3.63, 3.8) is 0 Å². The molecule has 0 saturated carbocycles. The summed E-state index contributed by atoms with van der Waals surface area (Å²) in [7, 11) is 0. The van der Waals surface area contributed by atoms with Crippen molar-refractivity contribution in [2.24, 2.45) is 5.16 Å². The Morgan fingerprint density at radius 3 is 2.95 bits per heavy atom. The average Bonchev–Trinajstić information content (AvgIpc) is 3.51. The molecule has 2 amide bonds. The van der Waals surface area contributed by atoms with Crippen molar-refractivity contribution in [2.75, 3.05) is 30.5 Å². The Balaban J connectivity index is 1.48. The maximum Gasteiger partial charge on any atom is 0.352 e. The molecular formula is C19H21N9O6S3. The third-order valence-electron chi connectivity index (χ3n) is 5.03. The topological polar surface area (TPSA) is 211 Å². The summed E-state index contributed by atoms with van der Waals surface area (Å²) in [6, 6.07) is -0.986. The Kier molecular flexibility index (Phi) is 8.41. The highest BCUT2D eigenvalue weighted by atomic mass is 32.2. The molecule has 0 aliphatic carbocycles. The Hall–Kier alpha value is -3.48. The highest BCUT2D eigenvalue weighted by Gasteiger charge is 2.54. The Morgan fingerprint density at radius 2 is 2.27 bits per heavy atom. The number of thiazole rings is 1. The molecule has 1 fully saturated rings. The monoisotopic (exact) mass is 567 g/mol. The van der Waals surface area contributed by atoms with Crippen molar-refractivity contribution >= 4 is 63.5 Å². The molecule has 0 bridgehead atoms. The molecule has 2 aromatic heterocycles. The lowest BCUT2D eigenvalue weighted by atomic mass is 10.0. The lowest BCUT2D eigenvalue weighted by Crippen LogP contribution is -2.71. The standard InChI is InChI=1S/C19H21N9O6S3/c1-2-3-27-19(23-25-26-27)37-7-9-6-35-16-12(15(31)28(16)13(9)17(32)33)22-14(30)11(24-34-5-4-29)10-8-36-18(20)21-10/h2,8,12,16,29H,1,3-7H2,(H2,20,21)(H,22,30)(H,32,33)/t12?,16-/m0/s1. The van der Waals surface area contributed by atoms with E-state index in [1.807, 2.05) is 0 Å². The number of allylic oxidation sites excluding steroid dienone is 1. The van der Waals surface area contributed by atoms with Gasteiger partial charge in [0.15, 0.2) is 10.8 Å². The summed E-state index contributed by atoms with van der Waals surface area (Å²) in [4.78, 5) is 48.2. The Labute approximate surface area is 221 Å². The number of nitrogens with one attached hydrogen (secondary N) is 1. The fraction of sp³-hybridized carbons (Fsp3) is 0.368. The van der Waals surface area contributed by atoms with E-state index < -0.39 is 29.2 Å². The number of β-lactam (4-membered cyclic amide) rings is 1. The van der Waals surface area contributed by atoms with Crippen LogP contribution < -0.4 is 11.1 Å². The van der Waals surface area contributed by atoms with Crippen molar-refractivity contribution in [1.29, 1.82) is 0 Å². The molecule has 0 aromatic carbocycles. The lowest BCUT2D eigenvalue weighted by Gasteiger charge is -2.49. The molecule has 4 rings (SSSR count). The average molecular weight is 568 g/mol. The summed E-state index contributed by atoms with van der Waals surface area (Å²) in [6.45, 7) is 3.57. The van der Waals surface area contributed by atoms with Crippen molar-refractivity contribution < 1.29 is 29.4 Å². The second-order valence-corrected chi connectivity index (χ2v) is 10.3. The van der Waals surface area contributed by atoms with Crippen LogP contribution in [0.5, 0.6) is 0 Å². The summed E-state index contributed by atoms with van der Waals surface area (Å²) in [6.07, 6.45) is 1.63. The molecule has 15 nitrogen and oxygen atoms in total. The van der Waals surface area contributed by atoms with Gasteiger partial charge in [-0.1, -0.05) is 23.0 Å². The van der Waals surface area contributed by atoms with Gasteiger partial charge in [0, 0.05) is 16.9 Å². The summed E-state index contributed by atoms with van der Waals surface area (Å²) in [5.41, 5.74) is 5.97. The Morgan fingerprint density at radius 1 is 1.46 bits per heavy atom. The van der Waals surface area contributed by atoms with Crippen LogP contribution in [0.2, 0.25) is 0 Å². The van der Waals surface area contributed by atoms with Crippen LogP contribution in [0.3, 0.4) is 0 Å². The summed E-state index contributed by atoms with van der Waals surface area (Å²) >= 11 is 3.66. The van der Waals surface area contributed by atoms with Crippen LogP contribution in [0.15, 0.2) is 39.6 Å². The SMILES string of the molecule is C=CCn1nnnc1SCC1=C(C(=O)O)N2C(=O)C(NC(=O)C(=NOCCO)c3csc(N)n3)[C@@H]2SC1. The van der Waals surface area contributed by atoms with Crippen LogP contribution >= 0.6 is 34.9 Å². The third kappa shape index (κ3) is 5.60. The molecule has 0 radical (unpaired) electrons. The number of carboxylic acids is 1. The first kappa shape index (κ1) is 26.6. The largest absolute Gasteiger partial charge is 0.477 e. The van der Waals surface area contributed by atoms with E-state index in [1.54, 1.807) is 6.08 Å². The predicted octanol–water partition coefficient (Wildman–Crippen LogP) is -0.858. The normalized spacial score (nSPS) is 19.3. The number of hydrogen-bond donors (Lipinski definition) is 4. The van der Waals surface area contributed by atoms with Crippen molar-refractivity contribution in [3.05, 3.63) is 35.0 Å². The number of fused-ring (bicyclic) bond motifs is 1. The fourth-order valence-corrected chi connectivity index (χ4v) is 6.36. The number of aliphatic carboxylic acids is 1. The molecule has 4 heterocycles. The van der Waals surface area contributed by atoms with E-state index in [9.17, 15) is 19.5 Å². The third-order valence-corrected chi connectivity index (χ3v) is 8.09. The van der Waals surface area contributed by atoms with Crippen LogP contribution in [0.25, 0.3) is 0 Å². The van der Waals surface area contributed by atoms with Crippen molar-refractivity contribution in [1.82, 2.24) is 35.4 Å². The van der Waals surface area contributed by atoms with Gasteiger partial charge in [-0.3, -0.25) is 14.5 Å². The minimum absolute atomic E-state index is 0.123. The minimum Gasteiger partial charge on any atom is -0.477 e. The van der Waals surface area contributed by atoms with Gasteiger partial charge < -0.3 is 26.1 Å². The number of nitrogens with two attached hydrogens (primary N) is 1. The second-order valence-electron chi connectivity index (χ2n) is 7.41. The number of carbonyl (C=O) groups excluding carboxylic acids is 2. The molecule has 0 spiro atoms. The number of aliphatic hydroxyl groups excluding tert-OH is 1. The number of tetrazole rings is 1. The fourth-order valence-electron chi connectivity index (χ4n) is 3.44. The molecule has 2 aromatic rings. The molecule has 2 aliphatic rings. The molecule has 1 saturated heterocycles. The molecule has 2 aliphatic heterocycles. The van der Waals surface area contributed by atoms with Gasteiger partial charge in [0.1, 0.15) is 29.4 Å². The Bertz CT molecular complexity index is 1280.